The minimum absolute atomic E-state index is 0.610. The number of rotatable bonds is 22. The molecule has 0 rings (SSSR count). The van der Waals surface area contributed by atoms with Crippen molar-refractivity contribution in [1.82, 2.24) is 19.2 Å². The molecular weight excluding hydrogens is 1210 g/mol. The van der Waals surface area contributed by atoms with Crippen molar-refractivity contribution < 1.29 is 184 Å². The Morgan fingerprint density at radius 3 is 0.676 bits per heavy atom. The highest BCUT2D eigenvalue weighted by atomic mass is 32.2. The largest absolute Gasteiger partial charge is 0.470 e. The Morgan fingerprint density at radius 1 is 0.324 bits per heavy atom. The highest BCUT2D eigenvalue weighted by Gasteiger charge is 2.94. The van der Waals surface area contributed by atoms with E-state index >= 15 is 0 Å². The smallest absolute Gasteiger partial charge is 0.356 e. The monoisotopic (exact) mass is 1230 g/mol. The molecule has 74 heavy (non-hydrogen) atoms. The van der Waals surface area contributed by atoms with E-state index < -0.39 is 174 Å². The first-order valence-corrected chi connectivity index (χ1v) is 19.8. The maximum Gasteiger partial charge on any atom is 0.470 e. The van der Waals surface area contributed by atoms with Crippen molar-refractivity contribution in [2.45, 2.75) is 121 Å². The summed E-state index contributed by atoms with van der Waals surface area (Å²) < 4.78 is 512. The van der Waals surface area contributed by atoms with Gasteiger partial charge in [-0.05, 0) is 12.8 Å². The zero-order valence-electron chi connectivity index (χ0n) is 34.0. The predicted octanol–water partition coefficient (Wildman–Crippen LogP) is 9.99. The van der Waals surface area contributed by atoms with E-state index in [1.54, 1.807) is 0 Å². The summed E-state index contributed by atoms with van der Waals surface area (Å²) in [6, 6.07) is -15.9. The van der Waals surface area contributed by atoms with Gasteiger partial charge >= 0.3 is 94.7 Å². The zero-order chi connectivity index (χ0) is 61.0. The number of amides is 2. The summed E-state index contributed by atoms with van der Waals surface area (Å²) in [4.78, 5) is 21.2. The van der Waals surface area contributed by atoms with Gasteiger partial charge in [0.25, 0.3) is 20.0 Å². The van der Waals surface area contributed by atoms with Crippen LogP contribution >= 0.6 is 0 Å². The Hall–Kier alpha value is -3.76. The lowest BCUT2D eigenvalue weighted by atomic mass is 9.96. The Kier molecular flexibility index (Phi) is 20.4. The molecule has 48 heteroatoms. The van der Waals surface area contributed by atoms with Crippen molar-refractivity contribution in [2.75, 3.05) is 26.2 Å². The maximum absolute atomic E-state index is 14.2. The Balaban J connectivity index is 0. The van der Waals surface area contributed by atoms with Crippen molar-refractivity contribution in [3.05, 3.63) is 0 Å². The molecule has 0 spiro atoms. The second-order valence-corrected chi connectivity index (χ2v) is 17.3. The molecule has 0 aliphatic carbocycles. The summed E-state index contributed by atoms with van der Waals surface area (Å²) in [5, 5.41) is -12.1. The van der Waals surface area contributed by atoms with Gasteiger partial charge in [0.2, 0.25) is 11.8 Å². The van der Waals surface area contributed by atoms with E-state index in [0.29, 0.717) is 13.8 Å². The van der Waals surface area contributed by atoms with Gasteiger partial charge in [-0.1, -0.05) is 0 Å². The molecule has 0 unspecified atom stereocenters. The SMILES string of the molecule is CC(=O)NCCCN(C(F)(F)C(F)(F)C(F)(F)C(F)(F)C(F)(F)C(F)(F)F)S(=O)(=O)C(F)(F)C(F)(F)F.CC(=O)NCCCN(C(F)(F)C(F)(F)C(F)(F)C(F)(F)C(F)(F)C(F)(F)F)S(=O)(=O)C(F)(F)C(F)(F)F. The van der Waals surface area contributed by atoms with Crippen molar-refractivity contribution in [1.29, 1.82) is 0 Å². The van der Waals surface area contributed by atoms with Crippen molar-refractivity contribution in [3.8, 4) is 0 Å². The lowest BCUT2D eigenvalue weighted by molar-refractivity contribution is -0.447. The van der Waals surface area contributed by atoms with Crippen LogP contribution in [0.15, 0.2) is 0 Å². The quantitative estimate of drug-likeness (QED) is 0.0631. The van der Waals surface area contributed by atoms with Crippen LogP contribution in [0.25, 0.3) is 0 Å². The van der Waals surface area contributed by atoms with Gasteiger partial charge in [0.05, 0.1) is 0 Å². The first-order valence-electron chi connectivity index (χ1n) is 16.9. The molecule has 0 saturated heterocycles. The first kappa shape index (κ1) is 72.3. The molecular formula is C26H20F36N4O6S2. The number of nitrogens with one attached hydrogen (secondary N) is 2. The average molecular weight is 1230 g/mol. The van der Waals surface area contributed by atoms with E-state index in [9.17, 15) is 184 Å². The van der Waals surface area contributed by atoms with E-state index in [4.69, 9.17) is 0 Å². The number of nitrogens with zero attached hydrogens (tertiary/aromatic N) is 2. The van der Waals surface area contributed by atoms with Gasteiger partial charge in [0, 0.05) is 40.0 Å². The van der Waals surface area contributed by atoms with Crippen LogP contribution < -0.4 is 10.6 Å². The van der Waals surface area contributed by atoms with Crippen molar-refractivity contribution >= 4 is 31.9 Å². The van der Waals surface area contributed by atoms with Crippen molar-refractivity contribution in [3.63, 3.8) is 0 Å². The Labute approximate surface area is 383 Å². The van der Waals surface area contributed by atoms with Gasteiger partial charge in [-0.25, -0.2) is 16.8 Å². The molecule has 0 radical (unpaired) electrons. The number of sulfonamides is 2. The second-order valence-electron chi connectivity index (χ2n) is 13.5. The summed E-state index contributed by atoms with van der Waals surface area (Å²) in [6.45, 7) is -7.02. The molecule has 10 nitrogen and oxygen atoms in total. The minimum Gasteiger partial charge on any atom is -0.356 e. The lowest BCUT2D eigenvalue weighted by Crippen LogP contribution is -2.73. The summed E-state index contributed by atoms with van der Waals surface area (Å²) in [7, 11) is -16.9. The number of hydrogen-bond acceptors (Lipinski definition) is 6. The third kappa shape index (κ3) is 12.0. The zero-order valence-corrected chi connectivity index (χ0v) is 35.6. The maximum atomic E-state index is 14.2. The summed E-state index contributed by atoms with van der Waals surface area (Å²) in [5.41, 5.74) is 0. The van der Waals surface area contributed by atoms with Crippen LogP contribution in [-0.4, -0.2) is 158 Å². The third-order valence-electron chi connectivity index (χ3n) is 8.17. The van der Waals surface area contributed by atoms with E-state index in [-0.39, 0.29) is 0 Å². The summed E-state index contributed by atoms with van der Waals surface area (Å²) in [5.74, 6) is -70.5. The number of hydrogen-bond donors (Lipinski definition) is 2. The van der Waals surface area contributed by atoms with Crippen LogP contribution in [-0.2, 0) is 29.6 Å². The fourth-order valence-corrected chi connectivity index (χ4v) is 6.91. The molecule has 0 aromatic rings. The highest BCUT2D eigenvalue weighted by Crippen LogP contribution is 2.63. The van der Waals surface area contributed by atoms with Crippen LogP contribution in [0.3, 0.4) is 0 Å². The average Bonchev–Trinajstić information content (AvgIpc) is 3.14. The molecule has 444 valence electrons. The number of alkyl halides is 36. The topological polar surface area (TPSA) is 133 Å². The molecule has 2 N–H and O–H groups in total. The molecule has 0 atom stereocenters. The highest BCUT2D eigenvalue weighted by molar-refractivity contribution is 7.90. The van der Waals surface area contributed by atoms with Crippen LogP contribution in [0.4, 0.5) is 158 Å². The Bertz CT molecular complexity index is 2030. The van der Waals surface area contributed by atoms with Gasteiger partial charge in [-0.15, -0.1) is 8.61 Å². The first-order chi connectivity index (χ1) is 31.6. The van der Waals surface area contributed by atoms with Gasteiger partial charge in [-0.2, -0.15) is 158 Å². The van der Waals surface area contributed by atoms with Crippen LogP contribution in [0.1, 0.15) is 26.7 Å². The number of carbonyl (C=O) groups excluding carboxylic acids is 2. The molecule has 0 aromatic carbocycles. The van der Waals surface area contributed by atoms with Crippen LogP contribution in [0, 0.1) is 0 Å². The third-order valence-corrected chi connectivity index (χ3v) is 11.9. The minimum atomic E-state index is -8.68. The van der Waals surface area contributed by atoms with Crippen LogP contribution in [0.2, 0.25) is 0 Å². The van der Waals surface area contributed by atoms with E-state index in [1.807, 2.05) is 0 Å². The molecule has 0 heterocycles. The van der Waals surface area contributed by atoms with E-state index in [0.717, 1.165) is 0 Å². The molecule has 0 aliphatic heterocycles. The summed E-state index contributed by atoms with van der Waals surface area (Å²) >= 11 is 0. The normalized spacial score (nSPS) is 15.8. The van der Waals surface area contributed by atoms with Crippen molar-refractivity contribution in [2.24, 2.45) is 0 Å². The fraction of sp³-hybridized carbons (Fsp3) is 0.923. The molecule has 0 aromatic heterocycles. The number of halogens is 36. The number of carbonyl (C=O) groups is 2. The van der Waals surface area contributed by atoms with Gasteiger partial charge < -0.3 is 10.6 Å². The van der Waals surface area contributed by atoms with Gasteiger partial charge in [0.1, 0.15) is 0 Å². The lowest BCUT2D eigenvalue weighted by Gasteiger charge is -2.42. The molecule has 0 fully saturated rings. The van der Waals surface area contributed by atoms with E-state index in [1.165, 1.54) is 10.6 Å². The standard InChI is InChI=1S/2C13H10F18N2O3S/c2*1-5(34)32-3-2-4-33(37(35,36)13(30,31)11(25,26)27)12(28,29)9(20,21)7(16,17)6(14,15)8(18,19)10(22,23)24/h2*2-4H2,1H3,(H,32,34). The van der Waals surface area contributed by atoms with Gasteiger partial charge in [-0.3, -0.25) is 9.59 Å². The van der Waals surface area contributed by atoms with E-state index in [2.05, 4.69) is 0 Å². The van der Waals surface area contributed by atoms with Crippen LogP contribution in [0.5, 0.6) is 0 Å². The predicted molar refractivity (Wildman–Crippen MR) is 161 cm³/mol. The molecule has 2 amide bonds. The summed E-state index contributed by atoms with van der Waals surface area (Å²) in [6.07, 6.45) is -34.1. The molecule has 0 saturated carbocycles. The molecule has 0 aliphatic rings. The Morgan fingerprint density at radius 2 is 0.514 bits per heavy atom. The second kappa shape index (κ2) is 20.9. The fourth-order valence-electron chi connectivity index (χ4n) is 4.20. The molecule has 0 bridgehead atoms. The van der Waals surface area contributed by atoms with Gasteiger partial charge in [0.15, 0.2) is 0 Å².